The molecule has 3 rings (SSSR count). The van der Waals surface area contributed by atoms with E-state index < -0.39 is 0 Å². The molecule has 1 aromatic carbocycles. The number of anilines is 1. The Morgan fingerprint density at radius 1 is 1.22 bits per heavy atom. The molecule has 4 nitrogen and oxygen atoms in total. The lowest BCUT2D eigenvalue weighted by atomic mass is 10.2. The normalized spacial score (nSPS) is 12.9. The molecule has 0 saturated carbocycles. The zero-order valence-electron chi connectivity index (χ0n) is 13.3. The van der Waals surface area contributed by atoms with Crippen molar-refractivity contribution in [2.75, 3.05) is 31.6 Å². The van der Waals surface area contributed by atoms with Gasteiger partial charge in [-0.05, 0) is 37.2 Å². The van der Waals surface area contributed by atoms with Crippen LogP contribution in [0.3, 0.4) is 0 Å². The van der Waals surface area contributed by atoms with Gasteiger partial charge in [0.05, 0.1) is 6.54 Å². The minimum absolute atomic E-state index is 0. The molecule has 0 aliphatic carbocycles. The molecule has 0 radical (unpaired) electrons. The van der Waals surface area contributed by atoms with Gasteiger partial charge in [0.25, 0.3) is 0 Å². The van der Waals surface area contributed by atoms with Gasteiger partial charge in [0.1, 0.15) is 0 Å². The van der Waals surface area contributed by atoms with Crippen molar-refractivity contribution in [3.8, 4) is 0 Å². The van der Waals surface area contributed by atoms with Crippen LogP contribution in [0.1, 0.15) is 11.3 Å². The molecule has 2 heterocycles. The molecule has 0 bridgehead atoms. The zero-order valence-corrected chi connectivity index (χ0v) is 14.1. The van der Waals surface area contributed by atoms with E-state index in [4.69, 9.17) is 0 Å². The lowest BCUT2D eigenvalue weighted by molar-refractivity contribution is -0.119. The topological polar surface area (TPSA) is 36.4 Å². The van der Waals surface area contributed by atoms with Gasteiger partial charge in [-0.2, -0.15) is 0 Å². The lowest BCUT2D eigenvalue weighted by Gasteiger charge is -2.22. The second kappa shape index (κ2) is 8.09. The fourth-order valence-electron chi connectivity index (χ4n) is 2.84. The molecule has 0 saturated heterocycles. The number of nitrogens with zero attached hydrogens (tertiary/aromatic N) is 3. The van der Waals surface area contributed by atoms with E-state index in [1.807, 2.05) is 54.5 Å². The van der Waals surface area contributed by atoms with Crippen LogP contribution in [-0.2, 0) is 17.6 Å². The molecule has 1 aliphatic rings. The number of hydrogen-bond donors (Lipinski definition) is 0. The standard InChI is InChI=1S/C18H21N3O.ClH/c1-20(12-10-16-7-4-5-11-19-16)14-18(22)21-13-9-15-6-2-3-8-17(15)21;/h2-8,11H,9-10,12-14H2,1H3;1H. The quantitative estimate of drug-likeness (QED) is 0.845. The average molecular weight is 332 g/mol. The highest BCUT2D eigenvalue weighted by molar-refractivity contribution is 5.96. The van der Waals surface area contributed by atoms with Crippen molar-refractivity contribution >= 4 is 24.0 Å². The summed E-state index contributed by atoms with van der Waals surface area (Å²) in [6.45, 7) is 2.08. The van der Waals surface area contributed by atoms with Gasteiger partial charge >= 0.3 is 0 Å². The van der Waals surface area contributed by atoms with E-state index in [1.165, 1.54) is 5.56 Å². The molecule has 0 fully saturated rings. The summed E-state index contributed by atoms with van der Waals surface area (Å²) in [5, 5.41) is 0. The summed E-state index contributed by atoms with van der Waals surface area (Å²) < 4.78 is 0. The maximum Gasteiger partial charge on any atom is 0.241 e. The van der Waals surface area contributed by atoms with Crippen LogP contribution in [0, 0.1) is 0 Å². The summed E-state index contributed by atoms with van der Waals surface area (Å²) >= 11 is 0. The van der Waals surface area contributed by atoms with E-state index in [1.54, 1.807) is 0 Å². The minimum atomic E-state index is 0. The largest absolute Gasteiger partial charge is 0.311 e. The second-order valence-electron chi connectivity index (χ2n) is 5.73. The average Bonchev–Trinajstić information content (AvgIpc) is 2.98. The van der Waals surface area contributed by atoms with Gasteiger partial charge in [0.15, 0.2) is 0 Å². The third-order valence-corrected chi connectivity index (χ3v) is 4.07. The van der Waals surface area contributed by atoms with Gasteiger partial charge < -0.3 is 4.90 Å². The highest BCUT2D eigenvalue weighted by Gasteiger charge is 2.24. The summed E-state index contributed by atoms with van der Waals surface area (Å²) in [6, 6.07) is 14.1. The van der Waals surface area contributed by atoms with Crippen molar-refractivity contribution in [3.05, 3.63) is 59.9 Å². The number of likely N-dealkylation sites (N-methyl/N-ethyl adjacent to an activating group) is 1. The van der Waals surface area contributed by atoms with Gasteiger partial charge in [-0.1, -0.05) is 24.3 Å². The molecular formula is C18H22ClN3O. The molecule has 2 aromatic rings. The van der Waals surface area contributed by atoms with E-state index in [0.29, 0.717) is 6.54 Å². The van der Waals surface area contributed by atoms with Gasteiger partial charge in [-0.15, -0.1) is 12.4 Å². The predicted molar refractivity (Wildman–Crippen MR) is 95.2 cm³/mol. The van der Waals surface area contributed by atoms with Crippen LogP contribution >= 0.6 is 12.4 Å². The number of fused-ring (bicyclic) bond motifs is 1. The van der Waals surface area contributed by atoms with Crippen LogP contribution in [0.4, 0.5) is 5.69 Å². The molecule has 5 heteroatoms. The molecule has 0 spiro atoms. The predicted octanol–water partition coefficient (Wildman–Crippen LogP) is 2.57. The number of rotatable bonds is 5. The Balaban J connectivity index is 0.00000192. The van der Waals surface area contributed by atoms with E-state index in [2.05, 4.69) is 16.0 Å². The van der Waals surface area contributed by atoms with Crippen LogP contribution in [0.25, 0.3) is 0 Å². The molecule has 23 heavy (non-hydrogen) atoms. The number of halogens is 1. The number of carbonyl (C=O) groups is 1. The maximum absolute atomic E-state index is 12.5. The first-order valence-electron chi connectivity index (χ1n) is 7.71. The molecule has 0 unspecified atom stereocenters. The molecule has 1 aromatic heterocycles. The van der Waals surface area contributed by atoms with Crippen molar-refractivity contribution < 1.29 is 4.79 Å². The highest BCUT2D eigenvalue weighted by atomic mass is 35.5. The van der Waals surface area contributed by atoms with Gasteiger partial charge in [0.2, 0.25) is 5.91 Å². The summed E-state index contributed by atoms with van der Waals surface area (Å²) in [4.78, 5) is 20.8. The zero-order chi connectivity index (χ0) is 15.4. The van der Waals surface area contributed by atoms with Crippen molar-refractivity contribution in [1.29, 1.82) is 0 Å². The van der Waals surface area contributed by atoms with Crippen molar-refractivity contribution in [2.45, 2.75) is 12.8 Å². The summed E-state index contributed by atoms with van der Waals surface area (Å²) in [6.07, 6.45) is 3.63. The first kappa shape index (κ1) is 17.4. The van der Waals surface area contributed by atoms with E-state index in [0.717, 1.165) is 37.3 Å². The number of hydrogen-bond acceptors (Lipinski definition) is 3. The number of amides is 1. The van der Waals surface area contributed by atoms with Crippen LogP contribution < -0.4 is 4.90 Å². The van der Waals surface area contributed by atoms with Crippen LogP contribution in [-0.4, -0.2) is 42.5 Å². The van der Waals surface area contributed by atoms with Crippen LogP contribution in [0.5, 0.6) is 0 Å². The number of carbonyl (C=O) groups excluding carboxylic acids is 1. The van der Waals surface area contributed by atoms with Gasteiger partial charge in [-0.3, -0.25) is 14.7 Å². The fraction of sp³-hybridized carbons (Fsp3) is 0.333. The Morgan fingerprint density at radius 2 is 2.00 bits per heavy atom. The highest BCUT2D eigenvalue weighted by Crippen LogP contribution is 2.27. The van der Waals surface area contributed by atoms with Crippen LogP contribution in [0.2, 0.25) is 0 Å². The molecule has 1 aliphatic heterocycles. The van der Waals surface area contributed by atoms with E-state index in [-0.39, 0.29) is 18.3 Å². The smallest absolute Gasteiger partial charge is 0.241 e. The number of benzene rings is 1. The minimum Gasteiger partial charge on any atom is -0.311 e. The molecule has 0 atom stereocenters. The number of para-hydroxylation sites is 1. The first-order chi connectivity index (χ1) is 10.7. The summed E-state index contributed by atoms with van der Waals surface area (Å²) in [5.41, 5.74) is 3.41. The second-order valence-corrected chi connectivity index (χ2v) is 5.73. The Labute approximate surface area is 143 Å². The Bertz CT molecular complexity index is 648. The van der Waals surface area contributed by atoms with Crippen LogP contribution in [0.15, 0.2) is 48.7 Å². The molecule has 1 amide bonds. The van der Waals surface area contributed by atoms with Crippen molar-refractivity contribution in [2.24, 2.45) is 0 Å². The third-order valence-electron chi connectivity index (χ3n) is 4.07. The molecule has 122 valence electrons. The summed E-state index contributed by atoms with van der Waals surface area (Å²) in [7, 11) is 1.99. The Morgan fingerprint density at radius 3 is 2.78 bits per heavy atom. The Kier molecular flexibility index (Phi) is 6.13. The lowest BCUT2D eigenvalue weighted by Crippen LogP contribution is -2.38. The molecular weight excluding hydrogens is 310 g/mol. The van der Waals surface area contributed by atoms with E-state index >= 15 is 0 Å². The maximum atomic E-state index is 12.5. The monoisotopic (exact) mass is 331 g/mol. The van der Waals surface area contributed by atoms with Gasteiger partial charge in [0, 0.05) is 37.1 Å². The third kappa shape index (κ3) is 4.30. The summed E-state index contributed by atoms with van der Waals surface area (Å²) in [5.74, 6) is 0.175. The first-order valence-corrected chi connectivity index (χ1v) is 7.71. The van der Waals surface area contributed by atoms with Crippen molar-refractivity contribution in [1.82, 2.24) is 9.88 Å². The van der Waals surface area contributed by atoms with Gasteiger partial charge in [-0.25, -0.2) is 0 Å². The SMILES string of the molecule is CN(CCc1ccccn1)CC(=O)N1CCc2ccccc21.Cl. The molecule has 0 N–H and O–H groups in total. The number of pyridine rings is 1. The fourth-order valence-corrected chi connectivity index (χ4v) is 2.84. The van der Waals surface area contributed by atoms with E-state index in [9.17, 15) is 4.79 Å². The van der Waals surface area contributed by atoms with Crippen molar-refractivity contribution in [3.63, 3.8) is 0 Å². The number of aromatic nitrogens is 1. The Hall–Kier alpha value is -1.91.